The predicted molar refractivity (Wildman–Crippen MR) is 79.3 cm³/mol. The first-order valence-corrected chi connectivity index (χ1v) is 7.07. The van der Waals surface area contributed by atoms with Gasteiger partial charge in [-0.2, -0.15) is 0 Å². The Morgan fingerprint density at radius 3 is 2.81 bits per heavy atom. The standard InChI is InChI=1S/C14H20N4O3/c1-4-15-13-12(6-11(7-16-13)18(20)21)14(19)17(3)8-10-5-9(10)2/h6-7,9-10H,4-5,8H2,1-3H3,(H,15,16). The maximum Gasteiger partial charge on any atom is 0.288 e. The van der Waals surface area contributed by atoms with Crippen LogP contribution in [0.3, 0.4) is 0 Å². The van der Waals surface area contributed by atoms with E-state index < -0.39 is 4.92 Å². The molecule has 1 aromatic rings. The van der Waals surface area contributed by atoms with Gasteiger partial charge in [0.2, 0.25) is 0 Å². The van der Waals surface area contributed by atoms with E-state index in [2.05, 4.69) is 17.2 Å². The number of hydrogen-bond acceptors (Lipinski definition) is 5. The normalized spacial score (nSPS) is 20.0. The van der Waals surface area contributed by atoms with E-state index in [9.17, 15) is 14.9 Å². The van der Waals surface area contributed by atoms with Crippen LogP contribution < -0.4 is 5.32 Å². The van der Waals surface area contributed by atoms with Gasteiger partial charge in [0.05, 0.1) is 10.5 Å². The van der Waals surface area contributed by atoms with E-state index >= 15 is 0 Å². The fourth-order valence-electron chi connectivity index (χ4n) is 2.32. The van der Waals surface area contributed by atoms with Crippen LogP contribution in [0.2, 0.25) is 0 Å². The Balaban J connectivity index is 2.23. The van der Waals surface area contributed by atoms with Crippen LogP contribution in [0.25, 0.3) is 0 Å². The number of nitro groups is 1. The van der Waals surface area contributed by atoms with Crippen LogP contribution in [0.4, 0.5) is 11.5 Å². The minimum Gasteiger partial charge on any atom is -0.370 e. The molecule has 1 amide bonds. The fraction of sp³-hybridized carbons (Fsp3) is 0.571. The number of nitrogens with one attached hydrogen (secondary N) is 1. The fourth-order valence-corrected chi connectivity index (χ4v) is 2.32. The molecule has 7 heteroatoms. The summed E-state index contributed by atoms with van der Waals surface area (Å²) in [6, 6.07) is 1.29. The third kappa shape index (κ3) is 3.48. The lowest BCUT2D eigenvalue weighted by Gasteiger charge is -2.18. The van der Waals surface area contributed by atoms with Crippen molar-refractivity contribution >= 4 is 17.4 Å². The zero-order chi connectivity index (χ0) is 15.6. The van der Waals surface area contributed by atoms with Crippen LogP contribution in [-0.2, 0) is 0 Å². The predicted octanol–water partition coefficient (Wildman–Crippen LogP) is 2.15. The molecule has 0 spiro atoms. The monoisotopic (exact) mass is 292 g/mol. The van der Waals surface area contributed by atoms with Crippen molar-refractivity contribution in [2.45, 2.75) is 20.3 Å². The van der Waals surface area contributed by atoms with Crippen molar-refractivity contribution < 1.29 is 9.72 Å². The van der Waals surface area contributed by atoms with Gasteiger partial charge in [-0.1, -0.05) is 6.92 Å². The molecule has 1 aliphatic carbocycles. The number of anilines is 1. The van der Waals surface area contributed by atoms with Crippen LogP contribution in [-0.4, -0.2) is 40.9 Å². The van der Waals surface area contributed by atoms with Crippen molar-refractivity contribution in [2.75, 3.05) is 25.5 Å². The molecule has 21 heavy (non-hydrogen) atoms. The average molecular weight is 292 g/mol. The summed E-state index contributed by atoms with van der Waals surface area (Å²) in [4.78, 5) is 28.5. The summed E-state index contributed by atoms with van der Waals surface area (Å²) >= 11 is 0. The van der Waals surface area contributed by atoms with E-state index in [4.69, 9.17) is 0 Å². The van der Waals surface area contributed by atoms with Gasteiger partial charge in [0.25, 0.3) is 11.6 Å². The van der Waals surface area contributed by atoms with E-state index in [0.717, 1.165) is 12.6 Å². The molecular weight excluding hydrogens is 272 g/mol. The summed E-state index contributed by atoms with van der Waals surface area (Å²) in [5.74, 6) is 1.34. The summed E-state index contributed by atoms with van der Waals surface area (Å²) in [5, 5.41) is 13.8. The SMILES string of the molecule is CCNc1ncc([N+](=O)[O-])cc1C(=O)N(C)CC1CC1C. The first kappa shape index (κ1) is 15.2. The number of amides is 1. The summed E-state index contributed by atoms with van der Waals surface area (Å²) in [5.41, 5.74) is 0.0787. The maximum atomic E-state index is 12.5. The first-order chi connectivity index (χ1) is 9.93. The highest BCUT2D eigenvalue weighted by atomic mass is 16.6. The Kier molecular flexibility index (Phi) is 4.40. The topological polar surface area (TPSA) is 88.4 Å². The van der Waals surface area contributed by atoms with Crippen LogP contribution >= 0.6 is 0 Å². The highest BCUT2D eigenvalue weighted by Crippen LogP contribution is 2.38. The van der Waals surface area contributed by atoms with E-state index in [1.807, 2.05) is 6.92 Å². The molecule has 1 aromatic heterocycles. The quantitative estimate of drug-likeness (QED) is 0.641. The van der Waals surface area contributed by atoms with E-state index in [-0.39, 0.29) is 17.2 Å². The molecule has 2 atom stereocenters. The summed E-state index contributed by atoms with van der Waals surface area (Å²) < 4.78 is 0. The smallest absolute Gasteiger partial charge is 0.288 e. The zero-order valence-electron chi connectivity index (χ0n) is 12.5. The molecule has 2 rings (SSSR count). The van der Waals surface area contributed by atoms with Crippen LogP contribution in [0.15, 0.2) is 12.3 Å². The van der Waals surface area contributed by atoms with Gasteiger partial charge in [0.15, 0.2) is 0 Å². The lowest BCUT2D eigenvalue weighted by molar-refractivity contribution is -0.385. The van der Waals surface area contributed by atoms with Crippen molar-refractivity contribution in [3.63, 3.8) is 0 Å². The number of hydrogen-bond donors (Lipinski definition) is 1. The molecule has 0 radical (unpaired) electrons. The molecule has 1 fully saturated rings. The van der Waals surface area contributed by atoms with Crippen LogP contribution in [0.1, 0.15) is 30.6 Å². The molecule has 0 saturated heterocycles. The maximum absolute atomic E-state index is 12.5. The van der Waals surface area contributed by atoms with Gasteiger partial charge in [-0.15, -0.1) is 0 Å². The number of nitrogens with zero attached hydrogens (tertiary/aromatic N) is 3. The highest BCUT2D eigenvalue weighted by molar-refractivity contribution is 5.99. The second-order valence-corrected chi connectivity index (χ2v) is 5.54. The molecule has 0 aromatic carbocycles. The Hall–Kier alpha value is -2.18. The Labute approximate surface area is 123 Å². The second-order valence-electron chi connectivity index (χ2n) is 5.54. The Morgan fingerprint density at radius 2 is 2.29 bits per heavy atom. The van der Waals surface area contributed by atoms with Gasteiger partial charge >= 0.3 is 0 Å². The average Bonchev–Trinajstić information content (AvgIpc) is 3.13. The van der Waals surface area contributed by atoms with Gasteiger partial charge in [-0.3, -0.25) is 14.9 Å². The number of aromatic nitrogens is 1. The van der Waals surface area contributed by atoms with Crippen molar-refractivity contribution in [3.8, 4) is 0 Å². The molecule has 0 aliphatic heterocycles. The Morgan fingerprint density at radius 1 is 1.62 bits per heavy atom. The molecule has 1 N–H and O–H groups in total. The molecule has 1 aliphatic rings. The van der Waals surface area contributed by atoms with E-state index in [0.29, 0.717) is 30.7 Å². The highest BCUT2D eigenvalue weighted by Gasteiger charge is 2.34. The number of carbonyl (C=O) groups is 1. The minimum atomic E-state index is -0.539. The van der Waals surface area contributed by atoms with Crippen molar-refractivity contribution in [3.05, 3.63) is 27.9 Å². The largest absolute Gasteiger partial charge is 0.370 e. The summed E-state index contributed by atoms with van der Waals surface area (Å²) in [6.07, 6.45) is 2.29. The lowest BCUT2D eigenvalue weighted by Crippen LogP contribution is -2.30. The third-order valence-corrected chi connectivity index (χ3v) is 3.79. The van der Waals surface area contributed by atoms with Crippen LogP contribution in [0, 0.1) is 22.0 Å². The number of carbonyl (C=O) groups excluding carboxylic acids is 1. The molecule has 0 bridgehead atoms. The summed E-state index contributed by atoms with van der Waals surface area (Å²) in [7, 11) is 1.72. The third-order valence-electron chi connectivity index (χ3n) is 3.79. The molecular formula is C14H20N4O3. The van der Waals surface area contributed by atoms with Crippen molar-refractivity contribution in [1.29, 1.82) is 0 Å². The molecule has 7 nitrogen and oxygen atoms in total. The van der Waals surface area contributed by atoms with Gasteiger partial charge in [0, 0.05) is 26.2 Å². The molecule has 2 unspecified atom stereocenters. The lowest BCUT2D eigenvalue weighted by atomic mass is 10.2. The Bertz CT molecular complexity index is 561. The molecule has 1 heterocycles. The van der Waals surface area contributed by atoms with E-state index in [1.54, 1.807) is 11.9 Å². The van der Waals surface area contributed by atoms with Crippen molar-refractivity contribution in [1.82, 2.24) is 9.88 Å². The second kappa shape index (κ2) is 6.07. The van der Waals surface area contributed by atoms with E-state index in [1.165, 1.54) is 6.07 Å². The zero-order valence-corrected chi connectivity index (χ0v) is 12.5. The first-order valence-electron chi connectivity index (χ1n) is 7.07. The number of rotatable bonds is 6. The van der Waals surface area contributed by atoms with Crippen LogP contribution in [0.5, 0.6) is 0 Å². The van der Waals surface area contributed by atoms with Crippen molar-refractivity contribution in [2.24, 2.45) is 11.8 Å². The summed E-state index contributed by atoms with van der Waals surface area (Å²) in [6.45, 7) is 5.30. The van der Waals surface area contributed by atoms with Gasteiger partial charge in [-0.25, -0.2) is 4.98 Å². The van der Waals surface area contributed by atoms with Gasteiger partial charge < -0.3 is 10.2 Å². The number of pyridine rings is 1. The van der Waals surface area contributed by atoms with Gasteiger partial charge in [0.1, 0.15) is 12.0 Å². The molecule has 1 saturated carbocycles. The molecule has 114 valence electrons. The minimum absolute atomic E-state index is 0.173. The van der Waals surface area contributed by atoms with Gasteiger partial charge in [-0.05, 0) is 25.2 Å².